The van der Waals surface area contributed by atoms with Crippen LogP contribution in [0, 0.1) is 12.0 Å². The van der Waals surface area contributed by atoms with Gasteiger partial charge in [0, 0.05) is 35.8 Å². The van der Waals surface area contributed by atoms with Crippen molar-refractivity contribution in [1.82, 2.24) is 9.32 Å². The molecule has 0 bridgehead atoms. The summed E-state index contributed by atoms with van der Waals surface area (Å²) in [5.41, 5.74) is 1.01. The number of benzene rings is 1. The quantitative estimate of drug-likeness (QED) is 0.488. The molecule has 1 heterocycles. The molecule has 1 aromatic carbocycles. The molecular formula is C12H11ClN2. The van der Waals surface area contributed by atoms with Crippen LogP contribution in [0.3, 0.4) is 0 Å². The zero-order chi connectivity index (χ0) is 10.7. The van der Waals surface area contributed by atoms with Gasteiger partial charge in [-0.3, -0.25) is 9.32 Å². The van der Waals surface area contributed by atoms with Crippen LogP contribution in [0.4, 0.5) is 0 Å². The molecule has 0 N–H and O–H groups in total. The van der Waals surface area contributed by atoms with Crippen LogP contribution in [-0.4, -0.2) is 15.5 Å². The Morgan fingerprint density at radius 3 is 2.53 bits per heavy atom. The first-order chi connectivity index (χ1) is 7.27. The Balaban J connectivity index is 2.10. The van der Waals surface area contributed by atoms with Crippen LogP contribution in [0.2, 0.25) is 0 Å². The van der Waals surface area contributed by atoms with Crippen LogP contribution in [0.5, 0.6) is 0 Å². The summed E-state index contributed by atoms with van der Waals surface area (Å²) >= 11 is 5.88. The predicted molar refractivity (Wildman–Crippen MR) is 61.5 cm³/mol. The summed E-state index contributed by atoms with van der Waals surface area (Å²) < 4.78 is 1.60. The molecule has 1 unspecified atom stereocenters. The first-order valence-corrected chi connectivity index (χ1v) is 5.08. The maximum Gasteiger partial charge on any atom is 0.125 e. The molecule has 3 heteroatoms. The minimum Gasteiger partial charge on any atom is -0.284 e. The molecule has 2 rings (SSSR count). The Kier molecular flexibility index (Phi) is 2.84. The van der Waals surface area contributed by atoms with E-state index >= 15 is 0 Å². The third-order valence-electron chi connectivity index (χ3n) is 2.23. The molecule has 0 saturated heterocycles. The summed E-state index contributed by atoms with van der Waals surface area (Å²) in [5.74, 6) is 3.08. The second-order valence-electron chi connectivity index (χ2n) is 3.28. The lowest BCUT2D eigenvalue weighted by molar-refractivity contribution is 0.321. The van der Waals surface area contributed by atoms with Gasteiger partial charge < -0.3 is 0 Å². The Hall–Kier alpha value is -1.59. The van der Waals surface area contributed by atoms with Gasteiger partial charge in [-0.15, -0.1) is 0 Å². The number of hydrogen-bond donors (Lipinski definition) is 0. The van der Waals surface area contributed by atoms with E-state index in [0.717, 1.165) is 5.56 Å². The molecule has 76 valence electrons. The van der Waals surface area contributed by atoms with Crippen LogP contribution in [-0.2, 0) is 0 Å². The predicted octanol–water partition coefficient (Wildman–Crippen LogP) is 2.58. The molecule has 0 aliphatic carbocycles. The Labute approximate surface area is 94.9 Å². The van der Waals surface area contributed by atoms with E-state index in [-0.39, 0.29) is 6.17 Å². The first kappa shape index (κ1) is 9.95. The molecule has 0 amide bonds. The van der Waals surface area contributed by atoms with Crippen molar-refractivity contribution in [3.8, 4) is 12.0 Å². The molecule has 1 aliphatic heterocycles. The molecule has 2 nitrogen and oxygen atoms in total. The van der Waals surface area contributed by atoms with Gasteiger partial charge in [-0.05, 0) is 25.0 Å². The monoisotopic (exact) mass is 218 g/mol. The summed E-state index contributed by atoms with van der Waals surface area (Å²) in [6.45, 7) is 1.99. The van der Waals surface area contributed by atoms with E-state index < -0.39 is 0 Å². The van der Waals surface area contributed by atoms with Crippen molar-refractivity contribution < 1.29 is 0 Å². The van der Waals surface area contributed by atoms with Gasteiger partial charge in [-0.25, -0.2) is 0 Å². The second kappa shape index (κ2) is 4.29. The van der Waals surface area contributed by atoms with Gasteiger partial charge in [0.1, 0.15) is 6.17 Å². The number of hydrogen-bond acceptors (Lipinski definition) is 2. The Morgan fingerprint density at radius 2 is 1.93 bits per heavy atom. The van der Waals surface area contributed by atoms with Crippen molar-refractivity contribution in [2.75, 3.05) is 0 Å². The van der Waals surface area contributed by atoms with Gasteiger partial charge in [-0.1, -0.05) is 18.2 Å². The molecule has 0 fully saturated rings. The standard InChI is InChI=1S/C12H11ClN2/c1-11-14(9-10-15(11)13)8-7-12-5-3-2-4-6-12/h2-6,9-11H,1H3. The van der Waals surface area contributed by atoms with Crippen LogP contribution >= 0.6 is 11.8 Å². The minimum absolute atomic E-state index is 0.0860. The maximum absolute atomic E-state index is 5.88. The minimum atomic E-state index is 0.0860. The third kappa shape index (κ3) is 2.26. The van der Waals surface area contributed by atoms with E-state index in [0.29, 0.717) is 0 Å². The van der Waals surface area contributed by atoms with E-state index in [4.69, 9.17) is 11.8 Å². The van der Waals surface area contributed by atoms with Crippen molar-refractivity contribution in [1.29, 1.82) is 0 Å². The average molecular weight is 219 g/mol. The number of halogens is 1. The molecule has 0 radical (unpaired) electrons. The van der Waals surface area contributed by atoms with E-state index in [1.807, 2.05) is 48.4 Å². The maximum atomic E-state index is 5.88. The van der Waals surface area contributed by atoms with Crippen LogP contribution in [0.15, 0.2) is 42.7 Å². The van der Waals surface area contributed by atoms with Crippen molar-refractivity contribution >= 4 is 11.8 Å². The van der Waals surface area contributed by atoms with Crippen molar-refractivity contribution in [3.63, 3.8) is 0 Å². The highest BCUT2D eigenvalue weighted by molar-refractivity contribution is 6.14. The second-order valence-corrected chi connectivity index (χ2v) is 3.67. The van der Waals surface area contributed by atoms with Crippen molar-refractivity contribution in [2.24, 2.45) is 0 Å². The lowest BCUT2D eigenvalue weighted by atomic mass is 10.2. The summed E-state index contributed by atoms with van der Waals surface area (Å²) in [4.78, 5) is 1.88. The lowest BCUT2D eigenvalue weighted by Gasteiger charge is -2.18. The summed E-state index contributed by atoms with van der Waals surface area (Å²) in [6.07, 6.45) is 3.75. The molecule has 0 aromatic heterocycles. The van der Waals surface area contributed by atoms with Crippen molar-refractivity contribution in [2.45, 2.75) is 13.1 Å². The molecule has 1 atom stereocenters. The molecule has 15 heavy (non-hydrogen) atoms. The highest BCUT2D eigenvalue weighted by Crippen LogP contribution is 2.16. The highest BCUT2D eigenvalue weighted by Gasteiger charge is 2.18. The topological polar surface area (TPSA) is 6.48 Å². The van der Waals surface area contributed by atoms with E-state index in [1.54, 1.807) is 10.6 Å². The molecule has 0 spiro atoms. The fourth-order valence-electron chi connectivity index (χ4n) is 1.28. The smallest absolute Gasteiger partial charge is 0.125 e. The largest absolute Gasteiger partial charge is 0.284 e. The molecule has 1 aromatic rings. The van der Waals surface area contributed by atoms with Crippen LogP contribution < -0.4 is 0 Å². The lowest BCUT2D eigenvalue weighted by Crippen LogP contribution is -2.27. The summed E-state index contributed by atoms with van der Waals surface area (Å²) in [7, 11) is 0. The molecule has 0 saturated carbocycles. The average Bonchev–Trinajstić information content (AvgIpc) is 2.59. The SMILES string of the molecule is CC1N(Cl)C=CN1C#Cc1ccccc1. The van der Waals surface area contributed by atoms with Gasteiger partial charge in [0.05, 0.1) is 0 Å². The van der Waals surface area contributed by atoms with E-state index in [1.165, 1.54) is 0 Å². The molecule has 1 aliphatic rings. The third-order valence-corrected chi connectivity index (χ3v) is 2.63. The Morgan fingerprint density at radius 1 is 1.20 bits per heavy atom. The normalized spacial score (nSPS) is 18.9. The zero-order valence-electron chi connectivity index (χ0n) is 8.39. The highest BCUT2D eigenvalue weighted by atomic mass is 35.5. The van der Waals surface area contributed by atoms with Gasteiger partial charge in [0.15, 0.2) is 0 Å². The molecular weight excluding hydrogens is 208 g/mol. The van der Waals surface area contributed by atoms with Crippen molar-refractivity contribution in [3.05, 3.63) is 48.3 Å². The number of rotatable bonds is 0. The fourth-order valence-corrected chi connectivity index (χ4v) is 1.43. The fraction of sp³-hybridized carbons (Fsp3) is 0.167. The summed E-state index contributed by atoms with van der Waals surface area (Å²) in [5, 5.41) is 0. The Bertz CT molecular complexity index is 416. The summed E-state index contributed by atoms with van der Waals surface area (Å²) in [6, 6.07) is 12.9. The number of nitrogens with zero attached hydrogens (tertiary/aromatic N) is 2. The van der Waals surface area contributed by atoms with Gasteiger partial charge in [0.2, 0.25) is 0 Å². The van der Waals surface area contributed by atoms with Crippen LogP contribution in [0.1, 0.15) is 12.5 Å². The van der Waals surface area contributed by atoms with Gasteiger partial charge >= 0.3 is 0 Å². The zero-order valence-corrected chi connectivity index (χ0v) is 9.15. The van der Waals surface area contributed by atoms with Crippen LogP contribution in [0.25, 0.3) is 0 Å². The van der Waals surface area contributed by atoms with E-state index in [2.05, 4.69) is 12.0 Å². The first-order valence-electron chi connectivity index (χ1n) is 4.75. The van der Waals surface area contributed by atoms with Gasteiger partial charge in [-0.2, -0.15) is 0 Å². The van der Waals surface area contributed by atoms with Gasteiger partial charge in [0.25, 0.3) is 0 Å². The van der Waals surface area contributed by atoms with E-state index in [9.17, 15) is 0 Å².